The third kappa shape index (κ3) is 2.91. The lowest BCUT2D eigenvalue weighted by Crippen LogP contribution is -2.43. The molecular weight excluding hydrogens is 308 g/mol. The summed E-state index contributed by atoms with van der Waals surface area (Å²) < 4.78 is 2.28. The van der Waals surface area contributed by atoms with Crippen molar-refractivity contribution in [1.29, 1.82) is 0 Å². The van der Waals surface area contributed by atoms with Crippen LogP contribution in [0.2, 0.25) is 0 Å². The molecule has 1 aromatic carbocycles. The van der Waals surface area contributed by atoms with Crippen molar-refractivity contribution in [2.24, 2.45) is 0 Å². The summed E-state index contributed by atoms with van der Waals surface area (Å²) in [5, 5.41) is 3.42. The van der Waals surface area contributed by atoms with Crippen LogP contribution >= 0.6 is 0 Å². The largest absolute Gasteiger partial charge is 0.368 e. The van der Waals surface area contributed by atoms with Gasteiger partial charge in [0.05, 0.1) is 17.1 Å². The van der Waals surface area contributed by atoms with E-state index < -0.39 is 0 Å². The van der Waals surface area contributed by atoms with Gasteiger partial charge in [0.2, 0.25) is 0 Å². The lowest BCUT2D eigenvalue weighted by atomic mass is 10.0. The molecule has 1 aliphatic rings. The zero-order valence-electron chi connectivity index (χ0n) is 15.3. The SMILES string of the molecule is CCc1c(-c2ccc(C)cc2C)nc2ccc(N3CCNCC3)cn12. The van der Waals surface area contributed by atoms with Crippen molar-refractivity contribution < 1.29 is 0 Å². The maximum Gasteiger partial charge on any atom is 0.137 e. The van der Waals surface area contributed by atoms with E-state index >= 15 is 0 Å². The summed E-state index contributed by atoms with van der Waals surface area (Å²) >= 11 is 0. The predicted octanol–water partition coefficient (Wildman–Crippen LogP) is 3.59. The fraction of sp³-hybridized carbons (Fsp3) is 0.381. The topological polar surface area (TPSA) is 32.6 Å². The Labute approximate surface area is 149 Å². The third-order valence-electron chi connectivity index (χ3n) is 5.16. The van der Waals surface area contributed by atoms with E-state index in [0.29, 0.717) is 0 Å². The van der Waals surface area contributed by atoms with Crippen LogP contribution in [0.15, 0.2) is 36.5 Å². The molecule has 2 aromatic heterocycles. The van der Waals surface area contributed by atoms with E-state index in [1.165, 1.54) is 28.1 Å². The molecular formula is C21H26N4. The molecule has 4 nitrogen and oxygen atoms in total. The van der Waals surface area contributed by atoms with Crippen molar-refractivity contribution in [3.8, 4) is 11.3 Å². The van der Waals surface area contributed by atoms with E-state index in [1.807, 2.05) is 0 Å². The number of hydrogen-bond donors (Lipinski definition) is 1. The highest BCUT2D eigenvalue weighted by Crippen LogP contribution is 2.29. The quantitative estimate of drug-likeness (QED) is 0.794. The van der Waals surface area contributed by atoms with Gasteiger partial charge in [-0.05, 0) is 38.0 Å². The Hall–Kier alpha value is -2.33. The van der Waals surface area contributed by atoms with Crippen LogP contribution in [0.5, 0.6) is 0 Å². The fourth-order valence-electron chi connectivity index (χ4n) is 3.83. The van der Waals surface area contributed by atoms with Gasteiger partial charge in [0.25, 0.3) is 0 Å². The molecule has 25 heavy (non-hydrogen) atoms. The van der Waals surface area contributed by atoms with Crippen molar-refractivity contribution in [2.75, 3.05) is 31.1 Å². The van der Waals surface area contributed by atoms with Gasteiger partial charge in [-0.2, -0.15) is 0 Å². The van der Waals surface area contributed by atoms with Gasteiger partial charge in [0.15, 0.2) is 0 Å². The molecule has 0 aliphatic carbocycles. The number of fused-ring (bicyclic) bond motifs is 1. The number of benzene rings is 1. The molecule has 3 heterocycles. The molecule has 1 fully saturated rings. The van der Waals surface area contributed by atoms with Crippen LogP contribution < -0.4 is 10.2 Å². The number of aryl methyl sites for hydroxylation is 3. The number of nitrogens with one attached hydrogen (secondary N) is 1. The lowest BCUT2D eigenvalue weighted by molar-refractivity contribution is 0.588. The van der Waals surface area contributed by atoms with Gasteiger partial charge in [-0.25, -0.2) is 4.98 Å². The number of imidazole rings is 1. The third-order valence-corrected chi connectivity index (χ3v) is 5.16. The Morgan fingerprint density at radius 2 is 1.88 bits per heavy atom. The first-order chi connectivity index (χ1) is 12.2. The summed E-state index contributed by atoms with van der Waals surface area (Å²) in [6.07, 6.45) is 3.23. The summed E-state index contributed by atoms with van der Waals surface area (Å²) in [6, 6.07) is 11.0. The molecule has 0 saturated carbocycles. The van der Waals surface area contributed by atoms with Crippen LogP contribution in [0.1, 0.15) is 23.7 Å². The second-order valence-electron chi connectivity index (χ2n) is 6.93. The standard InChI is InChI=1S/C21H26N4/c1-4-19-21(18-7-5-15(2)13-16(18)3)23-20-8-6-17(14-25(19)20)24-11-9-22-10-12-24/h5-8,13-14,22H,4,9-12H2,1-3H3. The molecule has 130 valence electrons. The number of pyridine rings is 1. The molecule has 0 amide bonds. The van der Waals surface area contributed by atoms with Crippen LogP contribution in [0.25, 0.3) is 16.9 Å². The van der Waals surface area contributed by atoms with Crippen molar-refractivity contribution in [3.05, 3.63) is 53.3 Å². The highest BCUT2D eigenvalue weighted by Gasteiger charge is 2.16. The first-order valence-corrected chi connectivity index (χ1v) is 9.21. The van der Waals surface area contributed by atoms with Gasteiger partial charge in [0, 0.05) is 37.9 Å². The second-order valence-corrected chi connectivity index (χ2v) is 6.93. The zero-order valence-corrected chi connectivity index (χ0v) is 15.3. The van der Waals surface area contributed by atoms with E-state index in [0.717, 1.165) is 43.9 Å². The minimum absolute atomic E-state index is 0.967. The van der Waals surface area contributed by atoms with Crippen molar-refractivity contribution in [1.82, 2.24) is 14.7 Å². The van der Waals surface area contributed by atoms with Crippen LogP contribution in [-0.2, 0) is 6.42 Å². The molecule has 0 bridgehead atoms. The molecule has 1 saturated heterocycles. The van der Waals surface area contributed by atoms with E-state index in [4.69, 9.17) is 4.98 Å². The maximum absolute atomic E-state index is 4.96. The molecule has 0 radical (unpaired) electrons. The highest BCUT2D eigenvalue weighted by atomic mass is 15.2. The van der Waals surface area contributed by atoms with Crippen LogP contribution in [0.3, 0.4) is 0 Å². The van der Waals surface area contributed by atoms with Gasteiger partial charge >= 0.3 is 0 Å². The predicted molar refractivity (Wildman–Crippen MR) is 105 cm³/mol. The van der Waals surface area contributed by atoms with Crippen molar-refractivity contribution in [3.63, 3.8) is 0 Å². The van der Waals surface area contributed by atoms with E-state index in [9.17, 15) is 0 Å². The van der Waals surface area contributed by atoms with E-state index in [2.05, 4.69) is 71.9 Å². The molecule has 1 N–H and O–H groups in total. The van der Waals surface area contributed by atoms with Crippen molar-refractivity contribution >= 4 is 11.3 Å². The second kappa shape index (κ2) is 6.52. The summed E-state index contributed by atoms with van der Waals surface area (Å²) in [7, 11) is 0. The Morgan fingerprint density at radius 3 is 2.60 bits per heavy atom. The Bertz CT molecular complexity index is 904. The monoisotopic (exact) mass is 334 g/mol. The smallest absolute Gasteiger partial charge is 0.137 e. The molecule has 4 rings (SSSR count). The van der Waals surface area contributed by atoms with Gasteiger partial charge in [-0.1, -0.05) is 30.7 Å². The number of hydrogen-bond acceptors (Lipinski definition) is 3. The number of anilines is 1. The molecule has 0 atom stereocenters. The number of piperazine rings is 1. The average molecular weight is 334 g/mol. The normalized spacial score (nSPS) is 15.1. The van der Waals surface area contributed by atoms with Gasteiger partial charge in [-0.15, -0.1) is 0 Å². The zero-order chi connectivity index (χ0) is 17.4. The Morgan fingerprint density at radius 1 is 1.08 bits per heavy atom. The fourth-order valence-corrected chi connectivity index (χ4v) is 3.83. The van der Waals surface area contributed by atoms with Crippen LogP contribution in [0.4, 0.5) is 5.69 Å². The minimum atomic E-state index is 0.967. The molecule has 0 unspecified atom stereocenters. The first kappa shape index (κ1) is 16.2. The summed E-state index contributed by atoms with van der Waals surface area (Å²) in [5.74, 6) is 0. The number of nitrogens with zero attached hydrogens (tertiary/aromatic N) is 3. The number of rotatable bonds is 3. The van der Waals surface area contributed by atoms with E-state index in [1.54, 1.807) is 0 Å². The van der Waals surface area contributed by atoms with Gasteiger partial charge in [-0.3, -0.25) is 0 Å². The summed E-state index contributed by atoms with van der Waals surface area (Å²) in [4.78, 5) is 7.41. The highest BCUT2D eigenvalue weighted by molar-refractivity contribution is 5.70. The van der Waals surface area contributed by atoms with Gasteiger partial charge < -0.3 is 14.6 Å². The van der Waals surface area contributed by atoms with Gasteiger partial charge in [0.1, 0.15) is 5.65 Å². The Balaban J connectivity index is 1.83. The minimum Gasteiger partial charge on any atom is -0.368 e. The average Bonchev–Trinajstić information content (AvgIpc) is 2.99. The Kier molecular flexibility index (Phi) is 4.22. The molecule has 4 heteroatoms. The number of aromatic nitrogens is 2. The van der Waals surface area contributed by atoms with E-state index in [-0.39, 0.29) is 0 Å². The molecule has 1 aliphatic heterocycles. The summed E-state index contributed by atoms with van der Waals surface area (Å²) in [5.41, 5.74) is 8.56. The molecule has 3 aromatic rings. The van der Waals surface area contributed by atoms with Crippen LogP contribution in [-0.4, -0.2) is 35.6 Å². The lowest BCUT2D eigenvalue weighted by Gasteiger charge is -2.29. The summed E-state index contributed by atoms with van der Waals surface area (Å²) in [6.45, 7) is 10.8. The first-order valence-electron chi connectivity index (χ1n) is 9.21. The molecule has 0 spiro atoms. The van der Waals surface area contributed by atoms with Crippen LogP contribution in [0, 0.1) is 13.8 Å². The maximum atomic E-state index is 4.96. The van der Waals surface area contributed by atoms with Crippen molar-refractivity contribution in [2.45, 2.75) is 27.2 Å².